The molecule has 0 unspecified atom stereocenters. The van der Waals surface area contributed by atoms with Crippen LogP contribution in [0.1, 0.15) is 56.9 Å². The van der Waals surface area contributed by atoms with E-state index in [-0.39, 0.29) is 5.43 Å². The van der Waals surface area contributed by atoms with Crippen molar-refractivity contribution >= 4 is 16.7 Å². The molecular formula is C26H35N3O2. The summed E-state index contributed by atoms with van der Waals surface area (Å²) >= 11 is 0. The number of fused-ring (bicyclic) bond motifs is 1. The standard InChI is InChI=1S/C17H21N3O.C7H8O.C2H6/c1-2-12-15(11-19-16-9-5-6-10-18-16)20-14-8-4-3-7-13(14)17(12)21;1-6-2-4-7(8)5-3-6;1-2/h3-4,7-8H,2,5-6,9-11H2,1H3,(H,18,19)(H,20,21);2-5,8H,1H3;1-2H3. The van der Waals surface area contributed by atoms with E-state index in [0.29, 0.717) is 12.3 Å². The Morgan fingerprint density at radius 1 is 1.06 bits per heavy atom. The number of aryl methyl sites for hydroxylation is 1. The zero-order valence-electron chi connectivity index (χ0n) is 19.2. The van der Waals surface area contributed by atoms with Crippen LogP contribution in [0.4, 0.5) is 0 Å². The minimum atomic E-state index is 0.147. The molecule has 2 aromatic carbocycles. The third-order valence-corrected chi connectivity index (χ3v) is 5.08. The van der Waals surface area contributed by atoms with Crippen LogP contribution in [0.3, 0.4) is 0 Å². The number of aromatic nitrogens is 1. The van der Waals surface area contributed by atoms with E-state index in [1.165, 1.54) is 18.4 Å². The number of pyridine rings is 1. The highest BCUT2D eigenvalue weighted by Crippen LogP contribution is 2.13. The normalized spacial score (nSPS) is 12.7. The van der Waals surface area contributed by atoms with Crippen molar-refractivity contribution in [2.45, 2.75) is 59.9 Å². The minimum absolute atomic E-state index is 0.147. The van der Waals surface area contributed by atoms with Gasteiger partial charge in [0.25, 0.3) is 0 Å². The number of aromatic hydroxyl groups is 1. The lowest BCUT2D eigenvalue weighted by atomic mass is 10.1. The van der Waals surface area contributed by atoms with Gasteiger partial charge in [-0.2, -0.15) is 0 Å². The van der Waals surface area contributed by atoms with Crippen LogP contribution in [0.2, 0.25) is 0 Å². The summed E-state index contributed by atoms with van der Waals surface area (Å²) in [6.45, 7) is 9.57. The Hall–Kier alpha value is -3.08. The smallest absolute Gasteiger partial charge is 0.192 e. The van der Waals surface area contributed by atoms with E-state index in [4.69, 9.17) is 5.11 Å². The minimum Gasteiger partial charge on any atom is -0.508 e. The van der Waals surface area contributed by atoms with Crippen LogP contribution in [0.5, 0.6) is 5.75 Å². The first kappa shape index (κ1) is 24.2. The molecule has 0 saturated heterocycles. The maximum absolute atomic E-state index is 12.6. The van der Waals surface area contributed by atoms with Crippen LogP contribution in [-0.2, 0) is 13.0 Å². The number of nitrogens with one attached hydrogen (secondary N) is 2. The molecule has 3 aromatic rings. The Morgan fingerprint density at radius 3 is 2.39 bits per heavy atom. The molecule has 0 atom stereocenters. The Kier molecular flexibility index (Phi) is 9.82. The number of phenolic OH excluding ortho intramolecular Hbond substituents is 1. The van der Waals surface area contributed by atoms with E-state index in [1.807, 2.05) is 64.1 Å². The first-order chi connectivity index (χ1) is 15.1. The van der Waals surface area contributed by atoms with Crippen molar-refractivity contribution in [3.05, 3.63) is 75.6 Å². The van der Waals surface area contributed by atoms with Crippen molar-refractivity contribution in [2.75, 3.05) is 6.54 Å². The predicted molar refractivity (Wildman–Crippen MR) is 131 cm³/mol. The van der Waals surface area contributed by atoms with Gasteiger partial charge in [-0.15, -0.1) is 0 Å². The van der Waals surface area contributed by atoms with Gasteiger partial charge < -0.3 is 15.4 Å². The van der Waals surface area contributed by atoms with Gasteiger partial charge >= 0.3 is 0 Å². The molecule has 5 heteroatoms. The third kappa shape index (κ3) is 6.99. The second-order valence-corrected chi connectivity index (χ2v) is 7.28. The van der Waals surface area contributed by atoms with Crippen LogP contribution in [0.25, 0.3) is 10.9 Å². The highest BCUT2D eigenvalue weighted by atomic mass is 16.3. The summed E-state index contributed by atoms with van der Waals surface area (Å²) in [5.74, 6) is 1.40. The van der Waals surface area contributed by atoms with Gasteiger partial charge in [0.2, 0.25) is 0 Å². The van der Waals surface area contributed by atoms with Crippen LogP contribution in [0.15, 0.2) is 58.3 Å². The first-order valence-electron chi connectivity index (χ1n) is 11.2. The van der Waals surface area contributed by atoms with Crippen molar-refractivity contribution in [3.63, 3.8) is 0 Å². The summed E-state index contributed by atoms with van der Waals surface area (Å²) in [5.41, 5.74) is 4.08. The van der Waals surface area contributed by atoms with E-state index < -0.39 is 0 Å². The molecule has 1 aliphatic rings. The Bertz CT molecular complexity index is 1020. The van der Waals surface area contributed by atoms with Gasteiger partial charge in [-0.3, -0.25) is 9.79 Å². The topological polar surface area (TPSA) is 77.5 Å². The van der Waals surface area contributed by atoms with Gasteiger partial charge in [-0.1, -0.05) is 50.6 Å². The van der Waals surface area contributed by atoms with Gasteiger partial charge in [-0.05, 0) is 50.5 Å². The summed E-state index contributed by atoms with van der Waals surface area (Å²) < 4.78 is 0. The van der Waals surface area contributed by atoms with E-state index in [1.54, 1.807) is 12.1 Å². The van der Waals surface area contributed by atoms with Crippen molar-refractivity contribution in [2.24, 2.45) is 4.99 Å². The van der Waals surface area contributed by atoms with Gasteiger partial charge in [0.15, 0.2) is 5.43 Å². The molecule has 0 saturated carbocycles. The quantitative estimate of drug-likeness (QED) is 0.523. The number of aromatic amines is 1. The molecule has 3 N–H and O–H groups in total. The fourth-order valence-corrected chi connectivity index (χ4v) is 3.43. The molecule has 4 rings (SSSR count). The predicted octanol–water partition coefficient (Wildman–Crippen LogP) is 5.49. The number of nitrogens with zero attached hydrogens (tertiary/aromatic N) is 1. The summed E-state index contributed by atoms with van der Waals surface area (Å²) in [4.78, 5) is 20.5. The number of hydrogen-bond acceptors (Lipinski definition) is 4. The number of phenols is 1. The molecule has 0 bridgehead atoms. The van der Waals surface area contributed by atoms with Gasteiger partial charge in [0.1, 0.15) is 5.75 Å². The highest BCUT2D eigenvalue weighted by Gasteiger charge is 2.11. The molecule has 166 valence electrons. The number of aliphatic imine (C=N–C) groups is 1. The molecule has 5 nitrogen and oxygen atoms in total. The second-order valence-electron chi connectivity index (χ2n) is 7.28. The third-order valence-electron chi connectivity index (χ3n) is 5.08. The lowest BCUT2D eigenvalue weighted by Gasteiger charge is -2.16. The fraction of sp³-hybridized carbons (Fsp3) is 0.385. The number of para-hydroxylation sites is 1. The molecule has 0 fully saturated rings. The lowest BCUT2D eigenvalue weighted by molar-refractivity contribution is 0.475. The summed E-state index contributed by atoms with van der Waals surface area (Å²) in [6.07, 6.45) is 4.13. The number of amidine groups is 1. The largest absolute Gasteiger partial charge is 0.508 e. The van der Waals surface area contributed by atoms with Crippen LogP contribution < -0.4 is 10.7 Å². The Balaban J connectivity index is 0.000000286. The monoisotopic (exact) mass is 421 g/mol. The van der Waals surface area contributed by atoms with Gasteiger partial charge in [-0.25, -0.2) is 0 Å². The molecule has 31 heavy (non-hydrogen) atoms. The van der Waals surface area contributed by atoms with Crippen molar-refractivity contribution in [3.8, 4) is 5.75 Å². The maximum Gasteiger partial charge on any atom is 0.192 e. The second kappa shape index (κ2) is 12.6. The zero-order chi connectivity index (χ0) is 22.6. The molecule has 0 radical (unpaired) electrons. The molecule has 2 heterocycles. The Morgan fingerprint density at radius 2 is 1.77 bits per heavy atom. The number of H-pyrrole nitrogens is 1. The van der Waals surface area contributed by atoms with Gasteiger partial charge in [0.05, 0.1) is 12.4 Å². The van der Waals surface area contributed by atoms with Crippen molar-refractivity contribution < 1.29 is 5.11 Å². The van der Waals surface area contributed by atoms with E-state index >= 15 is 0 Å². The molecule has 0 amide bonds. The SMILES string of the molecule is CC.CCc1c(CNC2=NCCCC2)[nH]c2ccccc2c1=O.Cc1ccc(O)cc1. The van der Waals surface area contributed by atoms with Crippen molar-refractivity contribution in [1.29, 1.82) is 0 Å². The molecule has 1 aromatic heterocycles. The van der Waals surface area contributed by atoms with Crippen LogP contribution in [0, 0.1) is 6.92 Å². The van der Waals surface area contributed by atoms with Crippen LogP contribution >= 0.6 is 0 Å². The summed E-state index contributed by atoms with van der Waals surface area (Å²) in [5, 5.41) is 12.9. The maximum atomic E-state index is 12.6. The highest BCUT2D eigenvalue weighted by molar-refractivity contribution is 5.83. The Labute approximate surface area is 185 Å². The summed E-state index contributed by atoms with van der Waals surface area (Å²) in [6, 6.07) is 14.8. The lowest BCUT2D eigenvalue weighted by Crippen LogP contribution is -2.27. The molecule has 1 aliphatic heterocycles. The molecule has 0 spiro atoms. The number of rotatable bonds is 3. The van der Waals surface area contributed by atoms with Crippen molar-refractivity contribution in [1.82, 2.24) is 10.3 Å². The number of benzene rings is 2. The fourth-order valence-electron chi connectivity index (χ4n) is 3.43. The summed E-state index contributed by atoms with van der Waals surface area (Å²) in [7, 11) is 0. The first-order valence-corrected chi connectivity index (χ1v) is 11.2. The van der Waals surface area contributed by atoms with E-state index in [2.05, 4.69) is 15.3 Å². The number of hydrogen-bond donors (Lipinski definition) is 3. The van der Waals surface area contributed by atoms with E-state index in [0.717, 1.165) is 47.4 Å². The van der Waals surface area contributed by atoms with Gasteiger partial charge in [0, 0.05) is 35.1 Å². The zero-order valence-corrected chi connectivity index (χ0v) is 19.2. The van der Waals surface area contributed by atoms with Crippen LogP contribution in [-0.4, -0.2) is 22.5 Å². The molecule has 0 aliphatic carbocycles. The average Bonchev–Trinajstić information content (AvgIpc) is 2.82. The molecular weight excluding hydrogens is 386 g/mol. The van der Waals surface area contributed by atoms with E-state index in [9.17, 15) is 4.79 Å². The average molecular weight is 422 g/mol.